The van der Waals surface area contributed by atoms with Crippen molar-refractivity contribution in [1.29, 1.82) is 0 Å². The van der Waals surface area contributed by atoms with E-state index < -0.39 is 0 Å². The second kappa shape index (κ2) is 7.10. The van der Waals surface area contributed by atoms with Gasteiger partial charge in [0.15, 0.2) is 0 Å². The van der Waals surface area contributed by atoms with Crippen molar-refractivity contribution >= 4 is 5.69 Å². The van der Waals surface area contributed by atoms with Crippen molar-refractivity contribution in [3.63, 3.8) is 0 Å². The van der Waals surface area contributed by atoms with Crippen molar-refractivity contribution in [2.45, 2.75) is 33.2 Å². The Morgan fingerprint density at radius 3 is 2.65 bits per heavy atom. The highest BCUT2D eigenvalue weighted by molar-refractivity contribution is 5.47. The van der Waals surface area contributed by atoms with E-state index in [1.54, 1.807) is 0 Å². The molecule has 0 unspecified atom stereocenters. The molecule has 0 saturated carbocycles. The number of aromatic nitrogens is 1. The van der Waals surface area contributed by atoms with Crippen molar-refractivity contribution in [1.82, 2.24) is 5.16 Å². The molecule has 1 N–H and O–H groups in total. The van der Waals surface area contributed by atoms with E-state index in [4.69, 9.17) is 9.63 Å². The predicted octanol–water partition coefficient (Wildman–Crippen LogP) is 2.93. The molecule has 0 aliphatic heterocycles. The standard InChI is InChI=1S/C16H22N2O2/c1-3-16-15(13(2)20-17-16)12-18(10-7-11-19)14-8-5-4-6-9-14/h4-6,8-9,19H,3,7,10-12H2,1-2H3. The third kappa shape index (κ3) is 3.39. The number of aryl methyl sites for hydroxylation is 2. The number of anilines is 1. The van der Waals surface area contributed by atoms with Crippen molar-refractivity contribution in [3.8, 4) is 0 Å². The molecule has 1 aromatic heterocycles. The molecule has 1 aromatic carbocycles. The van der Waals surface area contributed by atoms with Crippen molar-refractivity contribution < 1.29 is 9.63 Å². The highest BCUT2D eigenvalue weighted by Gasteiger charge is 2.15. The molecule has 20 heavy (non-hydrogen) atoms. The van der Waals surface area contributed by atoms with Crippen LogP contribution < -0.4 is 4.90 Å². The molecule has 0 aliphatic carbocycles. The predicted molar refractivity (Wildman–Crippen MR) is 79.8 cm³/mol. The fourth-order valence-corrected chi connectivity index (χ4v) is 2.31. The van der Waals surface area contributed by atoms with E-state index >= 15 is 0 Å². The number of nitrogens with zero attached hydrogens (tertiary/aromatic N) is 2. The van der Waals surface area contributed by atoms with Gasteiger partial charge in [-0.15, -0.1) is 0 Å². The first-order valence-corrected chi connectivity index (χ1v) is 7.11. The van der Waals surface area contributed by atoms with E-state index in [0.717, 1.165) is 48.6 Å². The minimum Gasteiger partial charge on any atom is -0.396 e. The highest BCUT2D eigenvalue weighted by Crippen LogP contribution is 2.21. The average molecular weight is 274 g/mol. The van der Waals surface area contributed by atoms with E-state index in [1.165, 1.54) is 0 Å². The van der Waals surface area contributed by atoms with Gasteiger partial charge < -0.3 is 14.5 Å². The van der Waals surface area contributed by atoms with Crippen LogP contribution in [-0.2, 0) is 13.0 Å². The molecule has 0 atom stereocenters. The summed E-state index contributed by atoms with van der Waals surface area (Å²) in [4.78, 5) is 2.26. The zero-order valence-corrected chi connectivity index (χ0v) is 12.2. The monoisotopic (exact) mass is 274 g/mol. The third-order valence-electron chi connectivity index (χ3n) is 3.46. The summed E-state index contributed by atoms with van der Waals surface area (Å²) in [6.07, 6.45) is 1.62. The van der Waals surface area contributed by atoms with Gasteiger partial charge in [-0.05, 0) is 31.9 Å². The van der Waals surface area contributed by atoms with Gasteiger partial charge in [-0.25, -0.2) is 0 Å². The zero-order valence-electron chi connectivity index (χ0n) is 12.2. The van der Waals surface area contributed by atoms with Crippen LogP contribution in [0.5, 0.6) is 0 Å². The summed E-state index contributed by atoms with van der Waals surface area (Å²) in [5, 5.41) is 13.2. The molecule has 4 nitrogen and oxygen atoms in total. The molecule has 0 spiro atoms. The zero-order chi connectivity index (χ0) is 14.4. The smallest absolute Gasteiger partial charge is 0.138 e. The van der Waals surface area contributed by atoms with Crippen LogP contribution in [0.3, 0.4) is 0 Å². The van der Waals surface area contributed by atoms with E-state index in [1.807, 2.05) is 25.1 Å². The second-order valence-electron chi connectivity index (χ2n) is 4.85. The molecule has 2 rings (SSSR count). The summed E-state index contributed by atoms with van der Waals surface area (Å²) in [5.74, 6) is 0.881. The lowest BCUT2D eigenvalue weighted by Crippen LogP contribution is -2.25. The fourth-order valence-electron chi connectivity index (χ4n) is 2.31. The van der Waals surface area contributed by atoms with Crippen LogP contribution in [0, 0.1) is 6.92 Å². The van der Waals surface area contributed by atoms with Crippen molar-refractivity contribution in [2.75, 3.05) is 18.1 Å². The lowest BCUT2D eigenvalue weighted by atomic mass is 10.1. The summed E-state index contributed by atoms with van der Waals surface area (Å²) < 4.78 is 5.30. The Morgan fingerprint density at radius 1 is 1.25 bits per heavy atom. The van der Waals surface area contributed by atoms with Crippen LogP contribution in [0.4, 0.5) is 5.69 Å². The van der Waals surface area contributed by atoms with E-state index in [-0.39, 0.29) is 6.61 Å². The highest BCUT2D eigenvalue weighted by atomic mass is 16.5. The average Bonchev–Trinajstić information content (AvgIpc) is 2.84. The van der Waals surface area contributed by atoms with Crippen LogP contribution in [0.25, 0.3) is 0 Å². The molecular formula is C16H22N2O2. The number of para-hydroxylation sites is 1. The molecule has 0 aliphatic rings. The van der Waals surface area contributed by atoms with E-state index in [9.17, 15) is 0 Å². The Labute approximate surface area is 120 Å². The Morgan fingerprint density at radius 2 is 2.00 bits per heavy atom. The van der Waals surface area contributed by atoms with Crippen LogP contribution in [0.2, 0.25) is 0 Å². The molecule has 2 aromatic rings. The summed E-state index contributed by atoms with van der Waals surface area (Å²) in [6, 6.07) is 10.2. The van der Waals surface area contributed by atoms with Gasteiger partial charge in [0, 0.05) is 30.9 Å². The number of aliphatic hydroxyl groups is 1. The maximum atomic E-state index is 9.09. The number of rotatable bonds is 7. The minimum atomic E-state index is 0.201. The Bertz CT molecular complexity index is 523. The van der Waals surface area contributed by atoms with E-state index in [0.29, 0.717) is 0 Å². The first-order valence-electron chi connectivity index (χ1n) is 7.11. The van der Waals surface area contributed by atoms with Gasteiger partial charge in [-0.3, -0.25) is 0 Å². The number of benzene rings is 1. The molecule has 0 radical (unpaired) electrons. The topological polar surface area (TPSA) is 49.5 Å². The van der Waals surface area contributed by atoms with Crippen LogP contribution in [-0.4, -0.2) is 23.4 Å². The van der Waals surface area contributed by atoms with Gasteiger partial charge in [0.1, 0.15) is 5.76 Å². The summed E-state index contributed by atoms with van der Waals surface area (Å²) in [5.41, 5.74) is 3.34. The number of aliphatic hydroxyl groups excluding tert-OH is 1. The first-order chi connectivity index (χ1) is 9.76. The Kier molecular flexibility index (Phi) is 5.18. The number of hydrogen-bond acceptors (Lipinski definition) is 4. The molecule has 1 heterocycles. The molecule has 108 valence electrons. The first kappa shape index (κ1) is 14.6. The molecule has 0 saturated heterocycles. The lowest BCUT2D eigenvalue weighted by molar-refractivity contribution is 0.289. The minimum absolute atomic E-state index is 0.201. The van der Waals surface area contributed by atoms with Crippen molar-refractivity contribution in [2.24, 2.45) is 0 Å². The second-order valence-corrected chi connectivity index (χ2v) is 4.85. The summed E-state index contributed by atoms with van der Waals surface area (Å²) in [6.45, 7) is 5.82. The Balaban J connectivity index is 2.21. The van der Waals surface area contributed by atoms with Crippen LogP contribution in [0.1, 0.15) is 30.4 Å². The quantitative estimate of drug-likeness (QED) is 0.843. The van der Waals surface area contributed by atoms with Crippen LogP contribution >= 0.6 is 0 Å². The third-order valence-corrected chi connectivity index (χ3v) is 3.46. The summed E-state index contributed by atoms with van der Waals surface area (Å²) >= 11 is 0. The van der Waals surface area contributed by atoms with Gasteiger partial charge in [0.2, 0.25) is 0 Å². The fraction of sp³-hybridized carbons (Fsp3) is 0.438. The maximum absolute atomic E-state index is 9.09. The maximum Gasteiger partial charge on any atom is 0.138 e. The largest absolute Gasteiger partial charge is 0.396 e. The van der Waals surface area contributed by atoms with Gasteiger partial charge in [0.05, 0.1) is 5.69 Å². The molecule has 0 amide bonds. The van der Waals surface area contributed by atoms with E-state index in [2.05, 4.69) is 29.1 Å². The van der Waals surface area contributed by atoms with Gasteiger partial charge >= 0.3 is 0 Å². The summed E-state index contributed by atoms with van der Waals surface area (Å²) in [7, 11) is 0. The Hall–Kier alpha value is -1.81. The normalized spacial score (nSPS) is 10.8. The lowest BCUT2D eigenvalue weighted by Gasteiger charge is -2.24. The SMILES string of the molecule is CCc1noc(C)c1CN(CCCO)c1ccccc1. The number of hydrogen-bond donors (Lipinski definition) is 1. The van der Waals surface area contributed by atoms with Gasteiger partial charge in [-0.1, -0.05) is 30.3 Å². The van der Waals surface area contributed by atoms with Gasteiger partial charge in [0.25, 0.3) is 0 Å². The molecule has 0 bridgehead atoms. The molecular weight excluding hydrogens is 252 g/mol. The van der Waals surface area contributed by atoms with Crippen molar-refractivity contribution in [3.05, 3.63) is 47.3 Å². The van der Waals surface area contributed by atoms with Gasteiger partial charge in [-0.2, -0.15) is 0 Å². The molecule has 4 heteroatoms. The van der Waals surface area contributed by atoms with Crippen LogP contribution in [0.15, 0.2) is 34.9 Å². The molecule has 0 fully saturated rings.